The summed E-state index contributed by atoms with van der Waals surface area (Å²) >= 11 is 0. The monoisotopic (exact) mass is 563 g/mol. The molecule has 0 aromatic heterocycles. The zero-order chi connectivity index (χ0) is 30.3. The number of unbranched alkanes of at least 4 members (excludes halogenated alkanes) is 4. The standard InChI is InChI=1S/C30H49N3O7/c1-8-10-11-12-13-19-33(28(37)24(20-34)32-29(38)40-30(5,6)7)26(23-16-14-15-21(3)22(23)4)27(36)31-18-17-25(35)39-9-2/h14-16,24,26,34H,8-13,17-20H2,1-7H3,(H,31,36)(H,32,38). The molecule has 0 spiro atoms. The van der Waals surface area contributed by atoms with Crippen molar-refractivity contribution in [3.63, 3.8) is 0 Å². The Balaban J connectivity index is 3.41. The van der Waals surface area contributed by atoms with Gasteiger partial charge in [-0.2, -0.15) is 0 Å². The fraction of sp³-hybridized carbons (Fsp3) is 0.667. The minimum Gasteiger partial charge on any atom is -0.466 e. The van der Waals surface area contributed by atoms with Gasteiger partial charge in [-0.3, -0.25) is 14.4 Å². The maximum Gasteiger partial charge on any atom is 0.408 e. The van der Waals surface area contributed by atoms with E-state index in [-0.39, 0.29) is 26.1 Å². The number of aliphatic hydroxyl groups is 1. The number of hydrogen-bond acceptors (Lipinski definition) is 7. The number of ether oxygens (including phenoxy) is 2. The minimum absolute atomic E-state index is 0.0104. The molecule has 0 fully saturated rings. The predicted octanol–water partition coefficient (Wildman–Crippen LogP) is 4.10. The minimum atomic E-state index is -1.31. The van der Waals surface area contributed by atoms with Gasteiger partial charge in [-0.15, -0.1) is 0 Å². The molecule has 226 valence electrons. The number of aliphatic hydroxyl groups excluding tert-OH is 1. The summed E-state index contributed by atoms with van der Waals surface area (Å²) in [7, 11) is 0. The molecule has 0 aliphatic heterocycles. The second-order valence-corrected chi connectivity index (χ2v) is 10.9. The molecule has 1 rings (SSSR count). The lowest BCUT2D eigenvalue weighted by Crippen LogP contribution is -2.54. The normalized spacial score (nSPS) is 12.7. The molecule has 0 radical (unpaired) electrons. The summed E-state index contributed by atoms with van der Waals surface area (Å²) in [6, 6.07) is 3.18. The van der Waals surface area contributed by atoms with Crippen LogP contribution in [0.15, 0.2) is 18.2 Å². The molecule has 40 heavy (non-hydrogen) atoms. The summed E-state index contributed by atoms with van der Waals surface area (Å²) in [6.07, 6.45) is 3.73. The van der Waals surface area contributed by atoms with Crippen molar-refractivity contribution in [2.24, 2.45) is 0 Å². The van der Waals surface area contributed by atoms with Crippen molar-refractivity contribution in [3.8, 4) is 0 Å². The van der Waals surface area contributed by atoms with Crippen LogP contribution in [0.4, 0.5) is 4.79 Å². The molecule has 0 saturated heterocycles. The molecule has 1 aromatic rings. The molecule has 2 atom stereocenters. The maximum atomic E-state index is 13.9. The number of benzene rings is 1. The van der Waals surface area contributed by atoms with Crippen molar-refractivity contribution in [2.45, 2.75) is 105 Å². The lowest BCUT2D eigenvalue weighted by molar-refractivity contribution is -0.144. The van der Waals surface area contributed by atoms with Gasteiger partial charge in [0.2, 0.25) is 11.8 Å². The van der Waals surface area contributed by atoms with Crippen LogP contribution in [0.5, 0.6) is 0 Å². The quantitative estimate of drug-likeness (QED) is 0.204. The van der Waals surface area contributed by atoms with Gasteiger partial charge in [0.15, 0.2) is 0 Å². The fourth-order valence-corrected chi connectivity index (χ4v) is 4.23. The molecule has 3 N–H and O–H groups in total. The van der Waals surface area contributed by atoms with E-state index in [9.17, 15) is 24.3 Å². The smallest absolute Gasteiger partial charge is 0.408 e. The number of nitrogens with zero attached hydrogens (tertiary/aromatic N) is 1. The van der Waals surface area contributed by atoms with Gasteiger partial charge in [0, 0.05) is 13.1 Å². The highest BCUT2D eigenvalue weighted by atomic mass is 16.6. The Morgan fingerprint density at radius 2 is 1.70 bits per heavy atom. The van der Waals surface area contributed by atoms with E-state index in [4.69, 9.17) is 9.47 Å². The van der Waals surface area contributed by atoms with E-state index < -0.39 is 48.2 Å². The van der Waals surface area contributed by atoms with Gasteiger partial charge in [0.25, 0.3) is 0 Å². The lowest BCUT2D eigenvalue weighted by Gasteiger charge is -2.35. The SMILES string of the molecule is CCCCCCCN(C(=O)C(CO)NC(=O)OC(C)(C)C)C(C(=O)NCCC(=O)OCC)c1cccc(C)c1C. The number of aryl methyl sites for hydroxylation is 1. The number of hydrogen-bond donors (Lipinski definition) is 3. The summed E-state index contributed by atoms with van der Waals surface area (Å²) in [4.78, 5) is 53.4. The Kier molecular flexibility index (Phi) is 15.3. The summed E-state index contributed by atoms with van der Waals surface area (Å²) in [5, 5.41) is 15.4. The lowest BCUT2D eigenvalue weighted by atomic mass is 9.94. The second kappa shape index (κ2) is 17.5. The summed E-state index contributed by atoms with van der Waals surface area (Å²) in [5.74, 6) is -1.50. The van der Waals surface area contributed by atoms with Crippen LogP contribution < -0.4 is 10.6 Å². The number of nitrogens with one attached hydrogen (secondary N) is 2. The first kappa shape index (κ1) is 34.9. The van der Waals surface area contributed by atoms with Gasteiger partial charge in [-0.25, -0.2) is 4.79 Å². The first-order valence-electron chi connectivity index (χ1n) is 14.3. The van der Waals surface area contributed by atoms with Crippen LogP contribution >= 0.6 is 0 Å². The van der Waals surface area contributed by atoms with Crippen LogP contribution in [0, 0.1) is 13.8 Å². The average molecular weight is 564 g/mol. The van der Waals surface area contributed by atoms with Gasteiger partial charge < -0.3 is 30.1 Å². The van der Waals surface area contributed by atoms with E-state index in [1.54, 1.807) is 33.8 Å². The van der Waals surface area contributed by atoms with Crippen LogP contribution in [0.1, 0.15) is 95.9 Å². The number of rotatable bonds is 16. The summed E-state index contributed by atoms with van der Waals surface area (Å²) in [6.45, 7) is 12.6. The Morgan fingerprint density at radius 1 is 1.02 bits per heavy atom. The molecule has 0 heterocycles. The third-order valence-corrected chi connectivity index (χ3v) is 6.39. The first-order chi connectivity index (χ1) is 18.9. The molecule has 0 aliphatic rings. The van der Waals surface area contributed by atoms with Gasteiger partial charge >= 0.3 is 12.1 Å². The largest absolute Gasteiger partial charge is 0.466 e. The fourth-order valence-electron chi connectivity index (χ4n) is 4.23. The Hall–Kier alpha value is -3.14. The van der Waals surface area contributed by atoms with E-state index in [0.717, 1.165) is 36.8 Å². The van der Waals surface area contributed by atoms with E-state index in [1.165, 1.54) is 4.90 Å². The van der Waals surface area contributed by atoms with Crippen LogP contribution in [0.2, 0.25) is 0 Å². The number of esters is 1. The predicted molar refractivity (Wildman–Crippen MR) is 154 cm³/mol. The van der Waals surface area contributed by atoms with E-state index >= 15 is 0 Å². The molecule has 2 unspecified atom stereocenters. The highest BCUT2D eigenvalue weighted by Gasteiger charge is 2.36. The van der Waals surface area contributed by atoms with Gasteiger partial charge in [0.05, 0.1) is 19.6 Å². The first-order valence-corrected chi connectivity index (χ1v) is 14.3. The van der Waals surface area contributed by atoms with Gasteiger partial charge in [-0.05, 0) is 64.7 Å². The maximum absolute atomic E-state index is 13.9. The highest BCUT2D eigenvalue weighted by Crippen LogP contribution is 2.28. The van der Waals surface area contributed by atoms with Crippen molar-refractivity contribution < 1.29 is 33.8 Å². The van der Waals surface area contributed by atoms with Crippen molar-refractivity contribution >= 4 is 23.9 Å². The Labute approximate surface area is 239 Å². The van der Waals surface area contributed by atoms with Crippen molar-refractivity contribution in [1.29, 1.82) is 0 Å². The number of alkyl carbamates (subject to hydrolysis) is 1. The number of carbonyl (C=O) groups excluding carboxylic acids is 4. The van der Waals surface area contributed by atoms with Crippen LogP contribution in [-0.2, 0) is 23.9 Å². The van der Waals surface area contributed by atoms with Gasteiger partial charge in [0.1, 0.15) is 17.7 Å². The third-order valence-electron chi connectivity index (χ3n) is 6.39. The molecule has 10 heteroatoms. The third kappa shape index (κ3) is 11.9. The number of carbonyl (C=O) groups is 4. The summed E-state index contributed by atoms with van der Waals surface area (Å²) < 4.78 is 10.3. The molecule has 10 nitrogen and oxygen atoms in total. The van der Waals surface area contributed by atoms with Crippen LogP contribution in [-0.4, -0.2) is 71.8 Å². The second-order valence-electron chi connectivity index (χ2n) is 10.9. The number of amides is 3. The van der Waals surface area contributed by atoms with E-state index in [2.05, 4.69) is 17.6 Å². The molecular weight excluding hydrogens is 514 g/mol. The van der Waals surface area contributed by atoms with Gasteiger partial charge in [-0.1, -0.05) is 50.8 Å². The molecular formula is C30H49N3O7. The Morgan fingerprint density at radius 3 is 2.30 bits per heavy atom. The van der Waals surface area contributed by atoms with Crippen molar-refractivity contribution in [3.05, 3.63) is 34.9 Å². The van der Waals surface area contributed by atoms with E-state index in [0.29, 0.717) is 12.0 Å². The van der Waals surface area contributed by atoms with Crippen molar-refractivity contribution in [1.82, 2.24) is 15.5 Å². The van der Waals surface area contributed by atoms with Crippen LogP contribution in [0.25, 0.3) is 0 Å². The molecule has 0 bridgehead atoms. The molecule has 0 saturated carbocycles. The topological polar surface area (TPSA) is 134 Å². The van der Waals surface area contributed by atoms with E-state index in [1.807, 2.05) is 26.0 Å². The average Bonchev–Trinajstić information content (AvgIpc) is 2.87. The zero-order valence-electron chi connectivity index (χ0n) is 25.3. The van der Waals surface area contributed by atoms with Crippen LogP contribution in [0.3, 0.4) is 0 Å². The molecule has 3 amide bonds. The Bertz CT molecular complexity index is 975. The molecule has 1 aromatic carbocycles. The van der Waals surface area contributed by atoms with Crippen molar-refractivity contribution in [2.75, 3.05) is 26.3 Å². The zero-order valence-corrected chi connectivity index (χ0v) is 25.3. The summed E-state index contributed by atoms with van der Waals surface area (Å²) in [5.41, 5.74) is 1.62. The molecule has 0 aliphatic carbocycles. The highest BCUT2D eigenvalue weighted by molar-refractivity contribution is 5.92.